The summed E-state index contributed by atoms with van der Waals surface area (Å²) in [6.07, 6.45) is 0. The highest BCUT2D eigenvalue weighted by atomic mass is 32.2. The molecule has 0 aromatic carbocycles. The first-order chi connectivity index (χ1) is 4.24. The predicted octanol–water partition coefficient (Wildman–Crippen LogP) is 3.14. The maximum Gasteiger partial charge on any atom is 0.0596 e. The van der Waals surface area contributed by atoms with Gasteiger partial charge in [-0.15, -0.1) is 23.5 Å². The number of hydrogen-bond acceptors (Lipinski definition) is 3. The van der Waals surface area contributed by atoms with Gasteiger partial charge in [-0.3, -0.25) is 0 Å². The van der Waals surface area contributed by atoms with Gasteiger partial charge in [0, 0.05) is 16.3 Å². The Morgan fingerprint density at radius 3 is 1.80 bits per heavy atom. The van der Waals surface area contributed by atoms with Gasteiger partial charge in [0.05, 0.1) is 4.58 Å². The van der Waals surface area contributed by atoms with Gasteiger partial charge >= 0.3 is 0 Å². The molecule has 0 aliphatic carbocycles. The van der Waals surface area contributed by atoms with Crippen LogP contribution in [0.4, 0.5) is 0 Å². The van der Waals surface area contributed by atoms with E-state index in [1.165, 1.54) is 0 Å². The number of rotatable bonds is 1. The lowest BCUT2D eigenvalue weighted by atomic mass is 10.4. The average molecular weight is 196 g/mol. The minimum atomic E-state index is 0. The summed E-state index contributed by atoms with van der Waals surface area (Å²) in [4.78, 5) is 0. The van der Waals surface area contributed by atoms with Crippen molar-refractivity contribution in [3.05, 3.63) is 0 Å². The summed E-state index contributed by atoms with van der Waals surface area (Å²) in [6, 6.07) is 0. The summed E-state index contributed by atoms with van der Waals surface area (Å²) in [5.74, 6) is 1.02. The molecule has 1 fully saturated rings. The summed E-state index contributed by atoms with van der Waals surface area (Å²) in [7, 11) is 0. The van der Waals surface area contributed by atoms with Crippen LogP contribution in [-0.2, 0) is 0 Å². The van der Waals surface area contributed by atoms with Gasteiger partial charge in [0.25, 0.3) is 0 Å². The van der Waals surface area contributed by atoms with Crippen molar-refractivity contribution >= 4 is 36.2 Å². The second-order valence-corrected chi connectivity index (χ2v) is 6.13. The number of thiol groups is 1. The van der Waals surface area contributed by atoms with Crippen LogP contribution in [0.3, 0.4) is 0 Å². The Morgan fingerprint density at radius 2 is 1.60 bits per heavy atom. The topological polar surface area (TPSA) is 0 Å². The van der Waals surface area contributed by atoms with Crippen LogP contribution in [0.15, 0.2) is 0 Å². The fourth-order valence-electron chi connectivity index (χ4n) is 0.818. The molecule has 0 N–H and O–H groups in total. The van der Waals surface area contributed by atoms with Crippen LogP contribution in [0.5, 0.6) is 0 Å². The average Bonchev–Trinajstić information content (AvgIpc) is 2.13. The molecule has 2 unspecified atom stereocenters. The molecule has 2 atom stereocenters. The molecule has 0 aromatic rings. The maximum absolute atomic E-state index is 4.26. The molecule has 0 nitrogen and oxygen atoms in total. The zero-order valence-corrected chi connectivity index (χ0v) is 8.23. The van der Waals surface area contributed by atoms with Crippen molar-refractivity contribution in [1.82, 2.24) is 0 Å². The molecule has 3 heteroatoms. The molecule has 10 heavy (non-hydrogen) atoms. The van der Waals surface area contributed by atoms with Crippen molar-refractivity contribution in [1.29, 1.82) is 0 Å². The second kappa shape index (κ2) is 4.83. The zero-order chi connectivity index (χ0) is 6.85. The van der Waals surface area contributed by atoms with E-state index < -0.39 is 0 Å². The monoisotopic (exact) mass is 196 g/mol. The standard InChI is InChI=1S/C6H12S3.CH4/c1-4-5(2)9-6(3-7)8-4;/h4-7H,3H2,1-2H3;1H4. The summed E-state index contributed by atoms with van der Waals surface area (Å²) in [5.41, 5.74) is 0. The van der Waals surface area contributed by atoms with Crippen LogP contribution < -0.4 is 0 Å². The van der Waals surface area contributed by atoms with Gasteiger partial charge in [0.2, 0.25) is 0 Å². The molecular weight excluding hydrogens is 180 g/mol. The molecule has 0 spiro atoms. The predicted molar refractivity (Wildman–Crippen MR) is 58.5 cm³/mol. The summed E-state index contributed by atoms with van der Waals surface area (Å²) >= 11 is 8.38. The van der Waals surface area contributed by atoms with Crippen LogP contribution in [0.1, 0.15) is 21.3 Å². The Morgan fingerprint density at radius 1 is 1.20 bits per heavy atom. The molecule has 0 bridgehead atoms. The van der Waals surface area contributed by atoms with Crippen molar-refractivity contribution in [2.75, 3.05) is 5.75 Å². The third-order valence-corrected chi connectivity index (χ3v) is 5.86. The van der Waals surface area contributed by atoms with E-state index in [2.05, 4.69) is 50.0 Å². The zero-order valence-electron chi connectivity index (χ0n) is 5.70. The fourth-order valence-corrected chi connectivity index (χ4v) is 4.60. The van der Waals surface area contributed by atoms with Crippen molar-refractivity contribution in [2.24, 2.45) is 0 Å². The van der Waals surface area contributed by atoms with Gasteiger partial charge in [-0.25, -0.2) is 0 Å². The SMILES string of the molecule is C.CC1SC(CS)SC1C. The normalized spacial score (nSPS) is 39.3. The quantitative estimate of drug-likeness (QED) is 0.640. The Kier molecular flexibility index (Phi) is 5.34. The van der Waals surface area contributed by atoms with E-state index in [9.17, 15) is 0 Å². The molecule has 0 aromatic heterocycles. The lowest BCUT2D eigenvalue weighted by molar-refractivity contribution is 0.941. The van der Waals surface area contributed by atoms with Gasteiger partial charge in [-0.05, 0) is 0 Å². The molecular formula is C7H16S3. The first kappa shape index (κ1) is 11.1. The van der Waals surface area contributed by atoms with E-state index in [0.717, 1.165) is 20.8 Å². The van der Waals surface area contributed by atoms with Gasteiger partial charge in [0.1, 0.15) is 0 Å². The van der Waals surface area contributed by atoms with E-state index in [0.29, 0.717) is 0 Å². The molecule has 0 radical (unpaired) electrons. The van der Waals surface area contributed by atoms with Gasteiger partial charge in [0.15, 0.2) is 0 Å². The van der Waals surface area contributed by atoms with E-state index in [4.69, 9.17) is 0 Å². The van der Waals surface area contributed by atoms with E-state index in [1.54, 1.807) is 0 Å². The number of thioether (sulfide) groups is 2. The fraction of sp³-hybridized carbons (Fsp3) is 1.00. The lowest BCUT2D eigenvalue weighted by Gasteiger charge is -2.02. The molecule has 0 saturated carbocycles. The molecule has 1 saturated heterocycles. The van der Waals surface area contributed by atoms with Gasteiger partial charge in [-0.2, -0.15) is 12.6 Å². The largest absolute Gasteiger partial charge is 0.177 e. The van der Waals surface area contributed by atoms with Crippen molar-refractivity contribution in [3.63, 3.8) is 0 Å². The Hall–Kier alpha value is 1.05. The second-order valence-electron chi connectivity index (χ2n) is 2.29. The lowest BCUT2D eigenvalue weighted by Crippen LogP contribution is -2.04. The van der Waals surface area contributed by atoms with Crippen LogP contribution in [0, 0.1) is 0 Å². The highest BCUT2D eigenvalue weighted by Gasteiger charge is 2.27. The van der Waals surface area contributed by atoms with Gasteiger partial charge in [-0.1, -0.05) is 21.3 Å². The van der Waals surface area contributed by atoms with Gasteiger partial charge < -0.3 is 0 Å². The summed E-state index contributed by atoms with van der Waals surface area (Å²) in [5, 5.41) is 1.65. The number of hydrogen-bond donors (Lipinski definition) is 1. The van der Waals surface area contributed by atoms with Crippen molar-refractivity contribution in [3.8, 4) is 0 Å². The van der Waals surface area contributed by atoms with Crippen LogP contribution in [0.2, 0.25) is 0 Å². The molecule has 1 rings (SSSR count). The first-order valence-corrected chi connectivity index (χ1v) is 5.67. The Labute approximate surface area is 78.3 Å². The highest BCUT2D eigenvalue weighted by molar-refractivity contribution is 8.21. The molecule has 1 heterocycles. The minimum Gasteiger partial charge on any atom is -0.177 e. The van der Waals surface area contributed by atoms with Crippen molar-refractivity contribution in [2.45, 2.75) is 36.4 Å². The highest BCUT2D eigenvalue weighted by Crippen LogP contribution is 2.43. The van der Waals surface area contributed by atoms with Crippen molar-refractivity contribution < 1.29 is 0 Å². The molecule has 1 aliphatic heterocycles. The summed E-state index contributed by atoms with van der Waals surface area (Å²) < 4.78 is 0.748. The van der Waals surface area contributed by atoms with Crippen LogP contribution in [0.25, 0.3) is 0 Å². The third kappa shape index (κ3) is 2.59. The van der Waals surface area contributed by atoms with Crippen LogP contribution in [-0.4, -0.2) is 20.8 Å². The smallest absolute Gasteiger partial charge is 0.0596 e. The Balaban J connectivity index is 0.000000810. The molecule has 0 amide bonds. The molecule has 62 valence electrons. The maximum atomic E-state index is 4.26. The Bertz CT molecular complexity index is 84.9. The van der Waals surface area contributed by atoms with Crippen LogP contribution >= 0.6 is 36.2 Å². The minimum absolute atomic E-state index is 0. The van der Waals surface area contributed by atoms with E-state index in [-0.39, 0.29) is 7.43 Å². The summed E-state index contributed by atoms with van der Waals surface area (Å²) in [6.45, 7) is 4.59. The van der Waals surface area contributed by atoms with E-state index >= 15 is 0 Å². The van der Waals surface area contributed by atoms with E-state index in [1.807, 2.05) is 0 Å². The third-order valence-electron chi connectivity index (χ3n) is 1.54. The first-order valence-electron chi connectivity index (χ1n) is 3.16. The molecule has 1 aliphatic rings.